The fourth-order valence-corrected chi connectivity index (χ4v) is 4.94. The molecule has 1 N–H and O–H groups in total. The monoisotopic (exact) mass is 424 g/mol. The van der Waals surface area contributed by atoms with E-state index in [4.69, 9.17) is 4.74 Å². The summed E-state index contributed by atoms with van der Waals surface area (Å²) in [6, 6.07) is 15.8. The molecule has 158 valence electrons. The molecule has 1 aliphatic rings. The van der Waals surface area contributed by atoms with E-state index >= 15 is 0 Å². The summed E-state index contributed by atoms with van der Waals surface area (Å²) >= 11 is 1.42. The number of para-hydroxylation sites is 1. The number of ether oxygens (including phenoxy) is 1. The maximum absolute atomic E-state index is 12.9. The van der Waals surface area contributed by atoms with Crippen molar-refractivity contribution in [3.63, 3.8) is 0 Å². The average molecular weight is 425 g/mol. The molecule has 0 unspecified atom stereocenters. The maximum atomic E-state index is 12.9. The van der Waals surface area contributed by atoms with Crippen LogP contribution in [0.5, 0.6) is 0 Å². The van der Waals surface area contributed by atoms with Gasteiger partial charge >= 0.3 is 0 Å². The number of aliphatic hydroxyl groups is 1. The molecule has 1 aromatic heterocycles. The van der Waals surface area contributed by atoms with Crippen molar-refractivity contribution in [3.8, 4) is 0 Å². The number of rotatable bonds is 8. The first-order chi connectivity index (χ1) is 14.7. The van der Waals surface area contributed by atoms with E-state index in [9.17, 15) is 9.90 Å². The highest BCUT2D eigenvalue weighted by Crippen LogP contribution is 2.32. The summed E-state index contributed by atoms with van der Waals surface area (Å²) in [7, 11) is 0. The van der Waals surface area contributed by atoms with Gasteiger partial charge in [-0.15, -0.1) is 0 Å². The molecule has 1 aliphatic carbocycles. The Morgan fingerprint density at radius 3 is 2.90 bits per heavy atom. The zero-order valence-electron chi connectivity index (χ0n) is 17.3. The lowest BCUT2D eigenvalue weighted by atomic mass is 9.89. The zero-order valence-corrected chi connectivity index (χ0v) is 18.1. The lowest BCUT2D eigenvalue weighted by Gasteiger charge is -2.26. The van der Waals surface area contributed by atoms with Crippen molar-refractivity contribution < 1.29 is 9.84 Å². The van der Waals surface area contributed by atoms with Crippen LogP contribution in [0.25, 0.3) is 10.9 Å². The molecule has 0 aliphatic heterocycles. The molecule has 0 bridgehead atoms. The molecule has 0 amide bonds. The lowest BCUT2D eigenvalue weighted by Crippen LogP contribution is -2.25. The van der Waals surface area contributed by atoms with Crippen molar-refractivity contribution in [2.75, 3.05) is 12.4 Å². The van der Waals surface area contributed by atoms with Crippen LogP contribution in [-0.2, 0) is 17.7 Å². The molecule has 2 atom stereocenters. The first-order valence-electron chi connectivity index (χ1n) is 10.7. The summed E-state index contributed by atoms with van der Waals surface area (Å²) in [6.07, 6.45) is 3.46. The van der Waals surface area contributed by atoms with Gasteiger partial charge in [0.2, 0.25) is 0 Å². The van der Waals surface area contributed by atoms with Gasteiger partial charge in [-0.3, -0.25) is 9.36 Å². The summed E-state index contributed by atoms with van der Waals surface area (Å²) < 4.78 is 7.80. The molecule has 0 saturated heterocycles. The normalized spacial score (nSPS) is 17.1. The van der Waals surface area contributed by atoms with Gasteiger partial charge in [0.15, 0.2) is 5.16 Å². The number of aryl methyl sites for hydroxylation is 1. The molecule has 1 heterocycles. The molecular formula is C24H28N2O3S. The third-order valence-corrected chi connectivity index (χ3v) is 6.60. The summed E-state index contributed by atoms with van der Waals surface area (Å²) in [5.41, 5.74) is 3.27. The lowest BCUT2D eigenvalue weighted by molar-refractivity contribution is -0.00961. The van der Waals surface area contributed by atoms with E-state index in [0.29, 0.717) is 28.4 Å². The maximum Gasteiger partial charge on any atom is 0.262 e. The number of benzene rings is 2. The third-order valence-electron chi connectivity index (χ3n) is 5.48. The molecular weight excluding hydrogens is 396 g/mol. The van der Waals surface area contributed by atoms with E-state index in [2.05, 4.69) is 23.2 Å². The molecule has 6 heteroatoms. The van der Waals surface area contributed by atoms with Crippen LogP contribution >= 0.6 is 11.8 Å². The van der Waals surface area contributed by atoms with Crippen LogP contribution in [0.2, 0.25) is 0 Å². The van der Waals surface area contributed by atoms with E-state index in [1.54, 1.807) is 4.57 Å². The van der Waals surface area contributed by atoms with Gasteiger partial charge in [-0.2, -0.15) is 0 Å². The van der Waals surface area contributed by atoms with E-state index in [1.807, 2.05) is 37.3 Å². The zero-order chi connectivity index (χ0) is 20.9. The Hall–Kier alpha value is -2.15. The highest BCUT2D eigenvalue weighted by atomic mass is 32.2. The van der Waals surface area contributed by atoms with Gasteiger partial charge in [0.05, 0.1) is 29.7 Å². The van der Waals surface area contributed by atoms with Crippen LogP contribution in [0.4, 0.5) is 0 Å². The minimum Gasteiger partial charge on any atom is -0.390 e. The van der Waals surface area contributed by atoms with Crippen molar-refractivity contribution >= 4 is 22.7 Å². The SMILES string of the molecule is CCCn1c(SC[C@H](O)CO[C@H]2CCCc3ccccc32)nc2ccccc2c1=O. The van der Waals surface area contributed by atoms with E-state index in [-0.39, 0.29) is 18.3 Å². The molecule has 0 radical (unpaired) electrons. The van der Waals surface area contributed by atoms with Gasteiger partial charge in [0.1, 0.15) is 0 Å². The van der Waals surface area contributed by atoms with E-state index in [1.165, 1.54) is 22.9 Å². The molecule has 5 nitrogen and oxygen atoms in total. The third kappa shape index (κ3) is 4.61. The van der Waals surface area contributed by atoms with Crippen molar-refractivity contribution in [3.05, 3.63) is 70.0 Å². The number of aromatic nitrogens is 2. The molecule has 0 spiro atoms. The summed E-state index contributed by atoms with van der Waals surface area (Å²) in [4.78, 5) is 17.5. The van der Waals surface area contributed by atoms with Crippen LogP contribution in [0.3, 0.4) is 0 Å². The minimum atomic E-state index is -0.623. The predicted molar refractivity (Wildman–Crippen MR) is 121 cm³/mol. The van der Waals surface area contributed by atoms with Crippen LogP contribution in [0, 0.1) is 0 Å². The second kappa shape index (κ2) is 9.77. The Morgan fingerprint density at radius 1 is 1.23 bits per heavy atom. The Bertz CT molecular complexity index is 1070. The van der Waals surface area contributed by atoms with Crippen LogP contribution in [0.15, 0.2) is 58.5 Å². The fourth-order valence-electron chi connectivity index (χ4n) is 4.01. The van der Waals surface area contributed by atoms with Crippen molar-refractivity contribution in [2.24, 2.45) is 0 Å². The second-order valence-electron chi connectivity index (χ2n) is 7.75. The standard InChI is InChI=1S/C24H28N2O3S/c1-2-14-26-23(28)20-11-5-6-12-21(20)25-24(26)30-16-18(27)15-29-22-13-7-9-17-8-3-4-10-19(17)22/h3-6,8,10-12,18,22,27H,2,7,9,13-16H2,1H3/t18-,22+/m1/s1. The van der Waals surface area contributed by atoms with Gasteiger partial charge in [-0.05, 0) is 48.9 Å². The molecule has 2 aromatic carbocycles. The van der Waals surface area contributed by atoms with Gasteiger partial charge < -0.3 is 9.84 Å². The summed E-state index contributed by atoms with van der Waals surface area (Å²) in [6.45, 7) is 2.93. The highest BCUT2D eigenvalue weighted by molar-refractivity contribution is 7.99. The predicted octanol–water partition coefficient (Wildman–Crippen LogP) is 4.35. The number of nitrogens with zero attached hydrogens (tertiary/aromatic N) is 2. The summed E-state index contributed by atoms with van der Waals surface area (Å²) in [5.74, 6) is 0.433. The fraction of sp³-hybridized carbons (Fsp3) is 0.417. The second-order valence-corrected chi connectivity index (χ2v) is 8.73. The first kappa shape index (κ1) is 21.1. The first-order valence-corrected chi connectivity index (χ1v) is 11.7. The van der Waals surface area contributed by atoms with Crippen molar-refractivity contribution in [1.82, 2.24) is 9.55 Å². The van der Waals surface area contributed by atoms with E-state index in [0.717, 1.165) is 25.7 Å². The number of hydrogen-bond acceptors (Lipinski definition) is 5. The Labute approximate surface area is 181 Å². The quantitative estimate of drug-likeness (QED) is 0.430. The molecule has 3 aromatic rings. The number of aliphatic hydroxyl groups excluding tert-OH is 1. The molecule has 0 saturated carbocycles. The van der Waals surface area contributed by atoms with Crippen LogP contribution < -0.4 is 5.56 Å². The Kier molecular flexibility index (Phi) is 6.87. The smallest absolute Gasteiger partial charge is 0.262 e. The average Bonchev–Trinajstić information content (AvgIpc) is 2.78. The molecule has 30 heavy (non-hydrogen) atoms. The number of fused-ring (bicyclic) bond motifs is 2. The Morgan fingerprint density at radius 2 is 2.03 bits per heavy atom. The van der Waals surface area contributed by atoms with Crippen LogP contribution in [0.1, 0.15) is 43.4 Å². The molecule has 4 rings (SSSR count). The largest absolute Gasteiger partial charge is 0.390 e. The van der Waals surface area contributed by atoms with Gasteiger partial charge in [-0.1, -0.05) is 55.1 Å². The van der Waals surface area contributed by atoms with Crippen molar-refractivity contribution in [2.45, 2.75) is 56.5 Å². The van der Waals surface area contributed by atoms with Gasteiger partial charge in [0.25, 0.3) is 5.56 Å². The van der Waals surface area contributed by atoms with Crippen molar-refractivity contribution in [1.29, 1.82) is 0 Å². The highest BCUT2D eigenvalue weighted by Gasteiger charge is 2.21. The minimum absolute atomic E-state index is 0.0190. The van der Waals surface area contributed by atoms with Gasteiger partial charge in [0, 0.05) is 12.3 Å². The number of thioether (sulfide) groups is 1. The molecule has 0 fully saturated rings. The number of hydrogen-bond donors (Lipinski definition) is 1. The van der Waals surface area contributed by atoms with E-state index < -0.39 is 6.10 Å². The van der Waals surface area contributed by atoms with Crippen LogP contribution in [-0.4, -0.2) is 33.1 Å². The summed E-state index contributed by atoms with van der Waals surface area (Å²) in [5, 5.41) is 11.8. The Balaban J connectivity index is 1.42. The van der Waals surface area contributed by atoms with Gasteiger partial charge in [-0.25, -0.2) is 4.98 Å². The topological polar surface area (TPSA) is 64.3 Å².